The highest BCUT2D eigenvalue weighted by Crippen LogP contribution is 2.32. The monoisotopic (exact) mass is 334 g/mol. The third-order valence-corrected chi connectivity index (χ3v) is 4.43. The minimum Gasteiger partial charge on any atom is -0.482 e. The molecule has 0 radical (unpaired) electrons. The smallest absolute Gasteiger partial charge is 0.410 e. The van der Waals surface area contributed by atoms with Crippen LogP contribution in [0.5, 0.6) is 5.75 Å². The van der Waals surface area contributed by atoms with Crippen molar-refractivity contribution >= 4 is 12.1 Å². The van der Waals surface area contributed by atoms with E-state index in [1.54, 1.807) is 18.0 Å². The number of carboxylic acids is 1. The maximum absolute atomic E-state index is 11.7. The van der Waals surface area contributed by atoms with Crippen molar-refractivity contribution in [3.63, 3.8) is 0 Å². The van der Waals surface area contributed by atoms with Gasteiger partial charge in [0.1, 0.15) is 11.4 Å². The molecule has 7 heteroatoms. The molecule has 0 bridgehead atoms. The van der Waals surface area contributed by atoms with E-state index in [1.807, 2.05) is 18.2 Å². The van der Waals surface area contributed by atoms with Crippen LogP contribution in [-0.2, 0) is 16.1 Å². The van der Waals surface area contributed by atoms with Gasteiger partial charge in [-0.3, -0.25) is 4.90 Å². The number of hydrogen-bond donors (Lipinski definition) is 1. The summed E-state index contributed by atoms with van der Waals surface area (Å²) in [5, 5.41) is 8.69. The third kappa shape index (κ3) is 3.79. The Kier molecular flexibility index (Phi) is 4.62. The van der Waals surface area contributed by atoms with Gasteiger partial charge in [-0.2, -0.15) is 0 Å². The van der Waals surface area contributed by atoms with Crippen molar-refractivity contribution < 1.29 is 24.2 Å². The van der Waals surface area contributed by atoms with Crippen molar-refractivity contribution in [2.75, 3.05) is 33.3 Å². The first kappa shape index (κ1) is 16.6. The van der Waals surface area contributed by atoms with Gasteiger partial charge in [-0.1, -0.05) is 12.1 Å². The molecule has 2 saturated heterocycles. The van der Waals surface area contributed by atoms with E-state index >= 15 is 0 Å². The standard InChI is InChI=1S/C17H22N2O5/c1-18-11-17(24-16(18)22)6-3-7-19(12-17)9-13-4-2-5-14(8-13)23-10-15(20)21/h2,4-5,8H,3,6-7,9-12H2,1H3,(H,20,21)/t17-/m0/s1. The number of carbonyl (C=O) groups is 2. The summed E-state index contributed by atoms with van der Waals surface area (Å²) < 4.78 is 10.8. The highest BCUT2D eigenvalue weighted by Gasteiger charge is 2.46. The van der Waals surface area contributed by atoms with Crippen LogP contribution >= 0.6 is 0 Å². The molecule has 1 atom stereocenters. The van der Waals surface area contributed by atoms with Gasteiger partial charge in [0.05, 0.1) is 6.54 Å². The summed E-state index contributed by atoms with van der Waals surface area (Å²) in [6.45, 7) is 2.66. The van der Waals surface area contributed by atoms with Crippen LogP contribution in [0.1, 0.15) is 18.4 Å². The predicted molar refractivity (Wildman–Crippen MR) is 85.9 cm³/mol. The molecule has 1 amide bonds. The second-order valence-corrected chi connectivity index (χ2v) is 6.55. The van der Waals surface area contributed by atoms with Gasteiger partial charge in [-0.05, 0) is 37.1 Å². The molecule has 3 rings (SSSR count). The van der Waals surface area contributed by atoms with Crippen LogP contribution in [0, 0.1) is 0 Å². The number of ether oxygens (including phenoxy) is 2. The summed E-state index contributed by atoms with van der Waals surface area (Å²) in [5.41, 5.74) is 0.647. The van der Waals surface area contributed by atoms with E-state index < -0.39 is 11.6 Å². The lowest BCUT2D eigenvalue weighted by Gasteiger charge is -2.38. The molecule has 24 heavy (non-hydrogen) atoms. The molecule has 2 aliphatic rings. The van der Waals surface area contributed by atoms with Gasteiger partial charge >= 0.3 is 12.1 Å². The molecule has 0 unspecified atom stereocenters. The third-order valence-electron chi connectivity index (χ3n) is 4.43. The molecule has 1 aromatic carbocycles. The maximum Gasteiger partial charge on any atom is 0.410 e. The van der Waals surface area contributed by atoms with Gasteiger partial charge in [0.25, 0.3) is 0 Å². The second kappa shape index (κ2) is 6.68. The zero-order valence-corrected chi connectivity index (χ0v) is 13.7. The molecule has 2 fully saturated rings. The number of rotatable bonds is 5. The first-order valence-corrected chi connectivity index (χ1v) is 8.06. The fourth-order valence-corrected chi connectivity index (χ4v) is 3.47. The lowest BCUT2D eigenvalue weighted by atomic mass is 9.92. The highest BCUT2D eigenvalue weighted by atomic mass is 16.6. The Hall–Kier alpha value is -2.28. The van der Waals surface area contributed by atoms with E-state index in [2.05, 4.69) is 4.90 Å². The van der Waals surface area contributed by atoms with Gasteiger partial charge in [0, 0.05) is 20.1 Å². The van der Waals surface area contributed by atoms with Crippen molar-refractivity contribution in [1.29, 1.82) is 0 Å². The predicted octanol–water partition coefficient (Wildman–Crippen LogP) is 1.57. The average Bonchev–Trinajstić information content (AvgIpc) is 2.79. The van der Waals surface area contributed by atoms with Crippen molar-refractivity contribution in [2.45, 2.75) is 25.0 Å². The van der Waals surface area contributed by atoms with Crippen molar-refractivity contribution in [2.24, 2.45) is 0 Å². The quantitative estimate of drug-likeness (QED) is 0.880. The summed E-state index contributed by atoms with van der Waals surface area (Å²) in [6, 6.07) is 7.45. The summed E-state index contributed by atoms with van der Waals surface area (Å²) in [5.74, 6) is -0.445. The Bertz CT molecular complexity index is 635. The first-order valence-electron chi connectivity index (χ1n) is 8.06. The first-order chi connectivity index (χ1) is 11.5. The molecule has 2 heterocycles. The molecule has 2 aliphatic heterocycles. The minimum atomic E-state index is -0.995. The van der Waals surface area contributed by atoms with E-state index in [0.29, 0.717) is 25.4 Å². The number of carbonyl (C=O) groups excluding carboxylic acids is 1. The number of nitrogens with zero attached hydrogens (tertiary/aromatic N) is 2. The molecule has 0 saturated carbocycles. The van der Waals surface area contributed by atoms with E-state index in [1.165, 1.54) is 0 Å². The highest BCUT2D eigenvalue weighted by molar-refractivity contribution is 5.70. The van der Waals surface area contributed by atoms with E-state index in [0.717, 1.165) is 24.9 Å². The van der Waals surface area contributed by atoms with Crippen LogP contribution in [0.25, 0.3) is 0 Å². The fourth-order valence-electron chi connectivity index (χ4n) is 3.47. The van der Waals surface area contributed by atoms with Gasteiger partial charge in [-0.15, -0.1) is 0 Å². The number of aliphatic carboxylic acids is 1. The number of carboxylic acid groups (broad SMARTS) is 1. The Labute approximate surface area is 140 Å². The Morgan fingerprint density at radius 1 is 1.42 bits per heavy atom. The SMILES string of the molecule is CN1C[C@]2(CCCN(Cc3cccc(OCC(=O)O)c3)C2)OC1=O. The zero-order chi connectivity index (χ0) is 17.2. The van der Waals surface area contributed by atoms with Gasteiger partial charge in [0.15, 0.2) is 6.61 Å². The Morgan fingerprint density at radius 2 is 2.25 bits per heavy atom. The van der Waals surface area contributed by atoms with E-state index in [-0.39, 0.29) is 12.7 Å². The van der Waals surface area contributed by atoms with Crippen LogP contribution in [0.4, 0.5) is 4.79 Å². The number of amides is 1. The van der Waals surface area contributed by atoms with Crippen molar-refractivity contribution in [3.05, 3.63) is 29.8 Å². The molecule has 0 aliphatic carbocycles. The molecule has 0 aromatic heterocycles. The Balaban J connectivity index is 1.62. The second-order valence-electron chi connectivity index (χ2n) is 6.55. The maximum atomic E-state index is 11.7. The van der Waals surface area contributed by atoms with Gasteiger partial charge in [-0.25, -0.2) is 9.59 Å². The number of benzene rings is 1. The summed E-state index contributed by atoms with van der Waals surface area (Å²) >= 11 is 0. The summed E-state index contributed by atoms with van der Waals surface area (Å²) in [6.07, 6.45) is 1.62. The summed E-state index contributed by atoms with van der Waals surface area (Å²) in [7, 11) is 1.76. The van der Waals surface area contributed by atoms with E-state index in [4.69, 9.17) is 14.6 Å². The molecule has 1 spiro atoms. The average molecular weight is 334 g/mol. The van der Waals surface area contributed by atoms with E-state index in [9.17, 15) is 9.59 Å². The zero-order valence-electron chi connectivity index (χ0n) is 13.7. The van der Waals surface area contributed by atoms with Crippen molar-refractivity contribution in [1.82, 2.24) is 9.80 Å². The van der Waals surface area contributed by atoms with Crippen LogP contribution in [-0.4, -0.2) is 65.9 Å². The molecule has 7 nitrogen and oxygen atoms in total. The van der Waals surface area contributed by atoms with Gasteiger partial charge in [0.2, 0.25) is 0 Å². The molecule has 1 N–H and O–H groups in total. The van der Waals surface area contributed by atoms with Gasteiger partial charge < -0.3 is 19.5 Å². The van der Waals surface area contributed by atoms with Crippen LogP contribution < -0.4 is 4.74 Å². The normalized spacial score (nSPS) is 24.2. The van der Waals surface area contributed by atoms with Crippen molar-refractivity contribution in [3.8, 4) is 5.75 Å². The molecule has 130 valence electrons. The number of likely N-dealkylation sites (tertiary alicyclic amines) is 1. The molecular weight excluding hydrogens is 312 g/mol. The summed E-state index contributed by atoms with van der Waals surface area (Å²) in [4.78, 5) is 26.2. The molecule has 1 aromatic rings. The number of likely N-dealkylation sites (N-methyl/N-ethyl adjacent to an activating group) is 1. The topological polar surface area (TPSA) is 79.3 Å². The number of piperidine rings is 1. The Morgan fingerprint density at radius 3 is 2.96 bits per heavy atom. The van der Waals surface area contributed by atoms with Crippen LogP contribution in [0.3, 0.4) is 0 Å². The largest absolute Gasteiger partial charge is 0.482 e. The fraction of sp³-hybridized carbons (Fsp3) is 0.529. The lowest BCUT2D eigenvalue weighted by Crippen LogP contribution is -2.50. The van der Waals surface area contributed by atoms with Crippen LogP contribution in [0.2, 0.25) is 0 Å². The minimum absolute atomic E-state index is 0.249. The molecular formula is C17H22N2O5. The number of hydrogen-bond acceptors (Lipinski definition) is 5. The lowest BCUT2D eigenvalue weighted by molar-refractivity contribution is -0.139. The van der Waals surface area contributed by atoms with Crippen LogP contribution in [0.15, 0.2) is 24.3 Å².